The topological polar surface area (TPSA) is 43.7 Å². The highest BCUT2D eigenvalue weighted by Crippen LogP contribution is 2.08. The lowest BCUT2D eigenvalue weighted by Crippen LogP contribution is -2.27. The Morgan fingerprint density at radius 2 is 1.80 bits per heavy atom. The first-order chi connectivity index (χ1) is 9.80. The molecule has 0 heterocycles. The van der Waals surface area contributed by atoms with Gasteiger partial charge in [0.1, 0.15) is 0 Å². The molecule has 0 aromatic heterocycles. The fourth-order valence-corrected chi connectivity index (χ4v) is 1.97. The summed E-state index contributed by atoms with van der Waals surface area (Å²) in [4.78, 5) is 2.27. The molecule has 0 aliphatic rings. The Morgan fingerprint density at radius 1 is 1.05 bits per heavy atom. The van der Waals surface area contributed by atoms with E-state index in [4.69, 9.17) is 10.2 Å². The molecule has 0 unspecified atom stereocenters. The molecule has 0 fully saturated rings. The molecule has 110 valence electrons. The number of hydrogen-bond acceptors (Lipinski definition) is 3. The van der Waals surface area contributed by atoms with E-state index in [2.05, 4.69) is 35.8 Å². The fourth-order valence-electron chi connectivity index (χ4n) is 1.97. The van der Waals surface area contributed by atoms with E-state index in [1.165, 1.54) is 12.0 Å². The van der Waals surface area contributed by atoms with Crippen LogP contribution >= 0.6 is 0 Å². The zero-order valence-electron chi connectivity index (χ0n) is 12.3. The highest BCUT2D eigenvalue weighted by molar-refractivity contribution is 5.36. The van der Waals surface area contributed by atoms with Crippen LogP contribution in [-0.4, -0.2) is 41.4 Å². The molecular formula is C17H25NO2. The Morgan fingerprint density at radius 3 is 2.40 bits per heavy atom. The lowest BCUT2D eigenvalue weighted by molar-refractivity contribution is 0.188. The van der Waals surface area contributed by atoms with Gasteiger partial charge in [-0.3, -0.25) is 4.90 Å². The van der Waals surface area contributed by atoms with E-state index in [0.29, 0.717) is 6.42 Å². The summed E-state index contributed by atoms with van der Waals surface area (Å²) in [6, 6.07) is 8.19. The summed E-state index contributed by atoms with van der Waals surface area (Å²) >= 11 is 0. The molecule has 0 spiro atoms. The van der Waals surface area contributed by atoms with Gasteiger partial charge in [-0.1, -0.05) is 37.3 Å². The Balaban J connectivity index is 2.56. The van der Waals surface area contributed by atoms with Crippen LogP contribution in [0.5, 0.6) is 0 Å². The third kappa shape index (κ3) is 6.72. The van der Waals surface area contributed by atoms with Crippen molar-refractivity contribution >= 4 is 0 Å². The summed E-state index contributed by atoms with van der Waals surface area (Å²) in [5.74, 6) is 5.94. The number of rotatable bonds is 8. The van der Waals surface area contributed by atoms with Crippen LogP contribution in [0, 0.1) is 11.8 Å². The van der Waals surface area contributed by atoms with Crippen LogP contribution in [-0.2, 0) is 6.54 Å². The van der Waals surface area contributed by atoms with Crippen LogP contribution < -0.4 is 0 Å². The van der Waals surface area contributed by atoms with E-state index >= 15 is 0 Å². The van der Waals surface area contributed by atoms with Gasteiger partial charge in [0, 0.05) is 25.1 Å². The second-order valence-electron chi connectivity index (χ2n) is 4.83. The number of unbranched alkanes of at least 4 members (excludes halogenated alkanes) is 1. The summed E-state index contributed by atoms with van der Waals surface area (Å²) in [7, 11) is 0. The highest BCUT2D eigenvalue weighted by atomic mass is 16.3. The summed E-state index contributed by atoms with van der Waals surface area (Å²) in [6.45, 7) is 5.10. The van der Waals surface area contributed by atoms with Gasteiger partial charge in [0.25, 0.3) is 0 Å². The average molecular weight is 275 g/mol. The van der Waals surface area contributed by atoms with Gasteiger partial charge < -0.3 is 10.2 Å². The van der Waals surface area contributed by atoms with Gasteiger partial charge in [-0.05, 0) is 30.7 Å². The predicted molar refractivity (Wildman–Crippen MR) is 82.3 cm³/mol. The van der Waals surface area contributed by atoms with Crippen LogP contribution in [0.1, 0.15) is 37.3 Å². The van der Waals surface area contributed by atoms with Gasteiger partial charge in [0.2, 0.25) is 0 Å². The van der Waals surface area contributed by atoms with Crippen molar-refractivity contribution in [1.82, 2.24) is 4.90 Å². The monoisotopic (exact) mass is 275 g/mol. The number of benzene rings is 1. The van der Waals surface area contributed by atoms with E-state index in [9.17, 15) is 0 Å². The van der Waals surface area contributed by atoms with Crippen LogP contribution in [0.15, 0.2) is 24.3 Å². The molecule has 3 heteroatoms. The Labute approximate surface area is 122 Å². The zero-order chi connectivity index (χ0) is 14.6. The molecular weight excluding hydrogens is 250 g/mol. The van der Waals surface area contributed by atoms with Crippen molar-refractivity contribution in [2.24, 2.45) is 0 Å². The Kier molecular flexibility index (Phi) is 8.73. The van der Waals surface area contributed by atoms with E-state index < -0.39 is 0 Å². The third-order valence-corrected chi connectivity index (χ3v) is 3.07. The van der Waals surface area contributed by atoms with Crippen molar-refractivity contribution in [2.45, 2.75) is 32.7 Å². The SMILES string of the molecule is CCCCN(CCO)Cc1ccc(C#CCCO)cc1. The van der Waals surface area contributed by atoms with Crippen LogP contribution in [0.25, 0.3) is 0 Å². The first-order valence-electron chi connectivity index (χ1n) is 7.32. The third-order valence-electron chi connectivity index (χ3n) is 3.07. The lowest BCUT2D eigenvalue weighted by atomic mass is 10.1. The minimum absolute atomic E-state index is 0.110. The maximum atomic E-state index is 9.10. The van der Waals surface area contributed by atoms with Gasteiger partial charge in [0.05, 0.1) is 13.2 Å². The maximum Gasteiger partial charge on any atom is 0.0558 e. The van der Waals surface area contributed by atoms with Gasteiger partial charge in [0.15, 0.2) is 0 Å². The number of aliphatic hydroxyl groups excluding tert-OH is 2. The molecule has 20 heavy (non-hydrogen) atoms. The quantitative estimate of drug-likeness (QED) is 0.713. The summed E-state index contributed by atoms with van der Waals surface area (Å²) in [5.41, 5.74) is 2.21. The van der Waals surface area contributed by atoms with Gasteiger partial charge in [-0.25, -0.2) is 0 Å². The first-order valence-corrected chi connectivity index (χ1v) is 7.32. The van der Waals surface area contributed by atoms with Crippen molar-refractivity contribution in [2.75, 3.05) is 26.3 Å². The van der Waals surface area contributed by atoms with Crippen LogP contribution in [0.2, 0.25) is 0 Å². The molecule has 1 aromatic carbocycles. The van der Waals surface area contributed by atoms with Crippen molar-refractivity contribution in [1.29, 1.82) is 0 Å². The van der Waals surface area contributed by atoms with Gasteiger partial charge >= 0.3 is 0 Å². The second kappa shape index (κ2) is 10.4. The minimum atomic E-state index is 0.110. The Hall–Kier alpha value is -1.34. The molecule has 0 saturated heterocycles. The molecule has 1 aromatic rings. The molecule has 0 radical (unpaired) electrons. The number of nitrogens with zero attached hydrogens (tertiary/aromatic N) is 1. The summed E-state index contributed by atoms with van der Waals surface area (Å²) in [5, 5.41) is 17.8. The molecule has 1 rings (SSSR count). The Bertz CT molecular complexity index is 417. The summed E-state index contributed by atoms with van der Waals surface area (Å²) < 4.78 is 0. The molecule has 0 aliphatic carbocycles. The summed E-state index contributed by atoms with van der Waals surface area (Å²) in [6.07, 6.45) is 2.84. The van der Waals surface area contributed by atoms with E-state index in [1.807, 2.05) is 12.1 Å². The second-order valence-corrected chi connectivity index (χ2v) is 4.83. The van der Waals surface area contributed by atoms with E-state index in [1.54, 1.807) is 0 Å². The van der Waals surface area contributed by atoms with Crippen LogP contribution in [0.4, 0.5) is 0 Å². The fraction of sp³-hybridized carbons (Fsp3) is 0.529. The largest absolute Gasteiger partial charge is 0.395 e. The lowest BCUT2D eigenvalue weighted by Gasteiger charge is -2.21. The highest BCUT2D eigenvalue weighted by Gasteiger charge is 2.04. The zero-order valence-corrected chi connectivity index (χ0v) is 12.3. The van der Waals surface area contributed by atoms with Gasteiger partial charge in [-0.2, -0.15) is 0 Å². The van der Waals surface area contributed by atoms with Crippen molar-refractivity contribution in [3.63, 3.8) is 0 Å². The molecule has 0 aliphatic heterocycles. The van der Waals surface area contributed by atoms with Crippen LogP contribution in [0.3, 0.4) is 0 Å². The number of hydrogen-bond donors (Lipinski definition) is 2. The van der Waals surface area contributed by atoms with Crippen molar-refractivity contribution in [3.8, 4) is 11.8 Å². The molecule has 0 bridgehead atoms. The standard InChI is InChI=1S/C17H25NO2/c1-2-3-11-18(12-14-20)15-17-9-7-16(8-10-17)6-4-5-13-19/h7-10,19-20H,2-3,5,11-15H2,1H3. The normalized spacial score (nSPS) is 10.4. The minimum Gasteiger partial charge on any atom is -0.395 e. The average Bonchev–Trinajstić information content (AvgIpc) is 2.47. The molecule has 0 atom stereocenters. The molecule has 2 N–H and O–H groups in total. The van der Waals surface area contributed by atoms with Crippen molar-refractivity contribution < 1.29 is 10.2 Å². The molecule has 0 saturated carbocycles. The van der Waals surface area contributed by atoms with E-state index in [0.717, 1.165) is 31.6 Å². The predicted octanol–water partition coefficient (Wildman–Crippen LogP) is 2.01. The molecule has 0 amide bonds. The van der Waals surface area contributed by atoms with E-state index in [-0.39, 0.29) is 13.2 Å². The maximum absolute atomic E-state index is 9.10. The smallest absolute Gasteiger partial charge is 0.0558 e. The van der Waals surface area contributed by atoms with Gasteiger partial charge in [-0.15, -0.1) is 0 Å². The first kappa shape index (κ1) is 16.7. The van der Waals surface area contributed by atoms with Crippen molar-refractivity contribution in [3.05, 3.63) is 35.4 Å². The molecule has 3 nitrogen and oxygen atoms in total. The number of aliphatic hydroxyl groups is 2.